The van der Waals surface area contributed by atoms with Gasteiger partial charge >= 0.3 is 0 Å². The summed E-state index contributed by atoms with van der Waals surface area (Å²) in [5, 5.41) is 8.03. The Bertz CT molecular complexity index is 375. The van der Waals surface area contributed by atoms with Crippen LogP contribution in [-0.4, -0.2) is 22.9 Å². The Kier molecular flexibility index (Phi) is 2.32. The largest absolute Gasteiger partial charge is 0.316 e. The summed E-state index contributed by atoms with van der Waals surface area (Å²) in [6, 6.07) is 2.75. The van der Waals surface area contributed by atoms with Crippen LogP contribution in [0, 0.1) is 15.5 Å². The Morgan fingerprint density at radius 1 is 1.47 bits per heavy atom. The lowest BCUT2D eigenvalue weighted by Crippen LogP contribution is -2.16. The zero-order valence-electron chi connectivity index (χ0n) is 9.07. The van der Waals surface area contributed by atoms with Gasteiger partial charge in [-0.1, -0.05) is 0 Å². The molecule has 1 unspecified atom stereocenters. The van der Waals surface area contributed by atoms with Gasteiger partial charge < -0.3 is 5.32 Å². The van der Waals surface area contributed by atoms with Crippen molar-refractivity contribution >= 4 is 22.6 Å². The van der Waals surface area contributed by atoms with E-state index in [0.29, 0.717) is 6.04 Å². The van der Waals surface area contributed by atoms with Crippen molar-refractivity contribution in [2.75, 3.05) is 13.1 Å². The Hall–Kier alpha value is -0.100. The SMILES string of the molecule is CC(C)n1nc(I)cc1C1[C@H]2CNC[C@@H]12. The van der Waals surface area contributed by atoms with Gasteiger partial charge in [0, 0.05) is 17.7 Å². The standard InChI is InChI=1S/C11H16IN3/c1-6(2)15-9(3-10(12)14-15)11-7-4-13-5-8(7)11/h3,6-8,11,13H,4-5H2,1-2H3/t7-,8+,11?. The number of halogens is 1. The number of nitrogens with zero attached hydrogens (tertiary/aromatic N) is 2. The molecule has 1 saturated carbocycles. The van der Waals surface area contributed by atoms with Crippen LogP contribution in [0.2, 0.25) is 0 Å². The van der Waals surface area contributed by atoms with E-state index in [4.69, 9.17) is 0 Å². The molecule has 1 N–H and O–H groups in total. The lowest BCUT2D eigenvalue weighted by molar-refractivity contribution is 0.495. The van der Waals surface area contributed by atoms with Crippen LogP contribution in [0.4, 0.5) is 0 Å². The van der Waals surface area contributed by atoms with Gasteiger partial charge in [-0.15, -0.1) is 0 Å². The zero-order chi connectivity index (χ0) is 10.6. The second-order valence-electron chi connectivity index (χ2n) is 4.94. The van der Waals surface area contributed by atoms with Crippen LogP contribution in [0.15, 0.2) is 6.07 Å². The van der Waals surface area contributed by atoms with E-state index < -0.39 is 0 Å². The second kappa shape index (κ2) is 3.45. The topological polar surface area (TPSA) is 29.9 Å². The minimum Gasteiger partial charge on any atom is -0.316 e. The van der Waals surface area contributed by atoms with Crippen LogP contribution in [0.25, 0.3) is 0 Å². The lowest BCUT2D eigenvalue weighted by Gasteiger charge is -2.12. The molecule has 4 heteroatoms. The molecule has 0 bridgehead atoms. The summed E-state index contributed by atoms with van der Waals surface area (Å²) in [5.41, 5.74) is 1.46. The van der Waals surface area contributed by atoms with Crippen LogP contribution >= 0.6 is 22.6 Å². The van der Waals surface area contributed by atoms with Gasteiger partial charge in [0.05, 0.1) is 0 Å². The normalized spacial score (nSPS) is 33.5. The van der Waals surface area contributed by atoms with E-state index >= 15 is 0 Å². The number of hydrogen-bond acceptors (Lipinski definition) is 2. The average Bonchev–Trinajstić information content (AvgIpc) is 2.62. The molecule has 1 saturated heterocycles. The Morgan fingerprint density at radius 2 is 2.13 bits per heavy atom. The van der Waals surface area contributed by atoms with E-state index in [9.17, 15) is 0 Å². The van der Waals surface area contributed by atoms with Crippen LogP contribution in [0.5, 0.6) is 0 Å². The third-order valence-corrected chi connectivity index (χ3v) is 4.18. The molecule has 0 aromatic carbocycles. The highest BCUT2D eigenvalue weighted by molar-refractivity contribution is 14.1. The van der Waals surface area contributed by atoms with Crippen LogP contribution in [0.3, 0.4) is 0 Å². The molecule has 2 fully saturated rings. The van der Waals surface area contributed by atoms with Crippen molar-refractivity contribution in [1.29, 1.82) is 0 Å². The monoisotopic (exact) mass is 317 g/mol. The minimum absolute atomic E-state index is 0.484. The van der Waals surface area contributed by atoms with Gasteiger partial charge in [0.2, 0.25) is 0 Å². The molecule has 1 aliphatic heterocycles. The molecule has 3 nitrogen and oxygen atoms in total. The molecule has 0 amide bonds. The molecule has 3 rings (SSSR count). The molecule has 1 aromatic heterocycles. The van der Waals surface area contributed by atoms with Gasteiger partial charge in [-0.2, -0.15) is 5.10 Å². The quantitative estimate of drug-likeness (QED) is 0.846. The lowest BCUT2D eigenvalue weighted by atomic mass is 10.2. The van der Waals surface area contributed by atoms with Crippen molar-refractivity contribution in [2.24, 2.45) is 11.8 Å². The molecule has 0 radical (unpaired) electrons. The predicted octanol–water partition coefficient (Wildman–Crippen LogP) is 2.00. The number of aromatic nitrogens is 2. The van der Waals surface area contributed by atoms with Gasteiger partial charge in [0.1, 0.15) is 3.70 Å². The fourth-order valence-electron chi connectivity index (χ4n) is 2.90. The summed E-state index contributed by atoms with van der Waals surface area (Å²) < 4.78 is 3.35. The molecular weight excluding hydrogens is 301 g/mol. The van der Waals surface area contributed by atoms with Crippen LogP contribution in [-0.2, 0) is 0 Å². The Morgan fingerprint density at radius 3 is 2.73 bits per heavy atom. The van der Waals surface area contributed by atoms with E-state index in [1.807, 2.05) is 0 Å². The van der Waals surface area contributed by atoms with E-state index in [1.165, 1.54) is 18.8 Å². The molecule has 1 aromatic rings. The highest BCUT2D eigenvalue weighted by Gasteiger charge is 2.54. The van der Waals surface area contributed by atoms with Crippen molar-refractivity contribution in [3.63, 3.8) is 0 Å². The van der Waals surface area contributed by atoms with Gasteiger partial charge in [0.25, 0.3) is 0 Å². The fraction of sp³-hybridized carbons (Fsp3) is 0.727. The third kappa shape index (κ3) is 1.53. The van der Waals surface area contributed by atoms with Crippen molar-refractivity contribution < 1.29 is 0 Å². The van der Waals surface area contributed by atoms with Crippen molar-refractivity contribution in [1.82, 2.24) is 15.1 Å². The number of piperidine rings is 1. The highest BCUT2D eigenvalue weighted by Crippen LogP contribution is 2.56. The number of fused-ring (bicyclic) bond motifs is 1. The van der Waals surface area contributed by atoms with E-state index in [1.54, 1.807) is 0 Å². The summed E-state index contributed by atoms with van der Waals surface area (Å²) in [5.74, 6) is 2.55. The molecule has 82 valence electrons. The number of hydrogen-bond donors (Lipinski definition) is 1. The van der Waals surface area contributed by atoms with Crippen LogP contribution < -0.4 is 5.32 Å². The summed E-state index contributed by atoms with van der Waals surface area (Å²) in [4.78, 5) is 0. The van der Waals surface area contributed by atoms with Crippen molar-refractivity contribution in [3.05, 3.63) is 15.5 Å². The van der Waals surface area contributed by atoms with Gasteiger partial charge in [-0.25, -0.2) is 0 Å². The third-order valence-electron chi connectivity index (χ3n) is 3.66. The number of rotatable bonds is 2. The van der Waals surface area contributed by atoms with E-state index in [-0.39, 0.29) is 0 Å². The highest BCUT2D eigenvalue weighted by atomic mass is 127. The first-order valence-corrected chi connectivity index (χ1v) is 6.72. The fourth-order valence-corrected chi connectivity index (χ4v) is 3.45. The molecule has 2 heterocycles. The molecular formula is C11H16IN3. The predicted molar refractivity (Wildman–Crippen MR) is 67.9 cm³/mol. The van der Waals surface area contributed by atoms with E-state index in [2.05, 4.69) is 57.6 Å². The van der Waals surface area contributed by atoms with Gasteiger partial charge in [-0.05, 0) is 67.4 Å². The Labute approximate surface area is 104 Å². The summed E-state index contributed by atoms with van der Waals surface area (Å²) in [6.07, 6.45) is 0. The maximum atomic E-state index is 4.58. The van der Waals surface area contributed by atoms with Gasteiger partial charge in [-0.3, -0.25) is 4.68 Å². The summed E-state index contributed by atoms with van der Waals surface area (Å²) in [6.45, 7) is 6.83. The molecule has 2 aliphatic rings. The maximum Gasteiger partial charge on any atom is 0.123 e. The molecule has 1 aliphatic carbocycles. The zero-order valence-corrected chi connectivity index (χ0v) is 11.2. The molecule has 0 spiro atoms. The molecule has 15 heavy (non-hydrogen) atoms. The van der Waals surface area contributed by atoms with Gasteiger partial charge in [0.15, 0.2) is 0 Å². The summed E-state index contributed by atoms with van der Waals surface area (Å²) in [7, 11) is 0. The van der Waals surface area contributed by atoms with E-state index in [0.717, 1.165) is 21.5 Å². The first kappa shape index (κ1) is 10.1. The first-order valence-electron chi connectivity index (χ1n) is 5.64. The van der Waals surface area contributed by atoms with Crippen LogP contribution in [0.1, 0.15) is 31.5 Å². The minimum atomic E-state index is 0.484. The van der Waals surface area contributed by atoms with Crippen molar-refractivity contribution in [3.8, 4) is 0 Å². The second-order valence-corrected chi connectivity index (χ2v) is 6.05. The first-order chi connectivity index (χ1) is 7.18. The summed E-state index contributed by atoms with van der Waals surface area (Å²) >= 11 is 2.32. The smallest absolute Gasteiger partial charge is 0.123 e. The van der Waals surface area contributed by atoms with Crippen molar-refractivity contribution in [2.45, 2.75) is 25.8 Å². The Balaban J connectivity index is 1.91. The molecule has 3 atom stereocenters. The number of nitrogens with one attached hydrogen (secondary N) is 1. The maximum absolute atomic E-state index is 4.58. The average molecular weight is 317 g/mol.